The number of aromatic nitrogens is 4. The molecule has 0 spiro atoms. The van der Waals surface area contributed by atoms with Crippen LogP contribution >= 0.6 is 11.6 Å². The van der Waals surface area contributed by atoms with Crippen molar-refractivity contribution < 1.29 is 0 Å². The van der Waals surface area contributed by atoms with E-state index in [4.69, 9.17) is 11.6 Å². The van der Waals surface area contributed by atoms with Gasteiger partial charge in [-0.05, 0) is 6.42 Å². The summed E-state index contributed by atoms with van der Waals surface area (Å²) < 4.78 is 1.99. The van der Waals surface area contributed by atoms with Crippen molar-refractivity contribution in [3.8, 4) is 0 Å². The van der Waals surface area contributed by atoms with Gasteiger partial charge in [-0.25, -0.2) is 15.0 Å². The number of anilines is 1. The van der Waals surface area contributed by atoms with Crippen molar-refractivity contribution in [3.63, 3.8) is 0 Å². The molecule has 0 aliphatic carbocycles. The van der Waals surface area contributed by atoms with Gasteiger partial charge < -0.3 is 9.47 Å². The summed E-state index contributed by atoms with van der Waals surface area (Å²) in [5.41, 5.74) is 0. The van der Waals surface area contributed by atoms with E-state index >= 15 is 0 Å². The smallest absolute Gasteiger partial charge is 0.134 e. The highest BCUT2D eigenvalue weighted by molar-refractivity contribution is 6.29. The first kappa shape index (κ1) is 13.8. The minimum absolute atomic E-state index is 0.486. The van der Waals surface area contributed by atoms with Crippen LogP contribution in [0.1, 0.15) is 25.0 Å². The maximum absolute atomic E-state index is 6.04. The van der Waals surface area contributed by atoms with Crippen LogP contribution in [-0.2, 0) is 20.0 Å². The zero-order valence-corrected chi connectivity index (χ0v) is 12.2. The summed E-state index contributed by atoms with van der Waals surface area (Å²) in [6.07, 6.45) is 5.56. The Labute approximate surface area is 118 Å². The quantitative estimate of drug-likeness (QED) is 0.789. The standard InChI is InChI=1S/C13H18ClN5/c1-4-5-11-16-10(14)8-12(17-11)19(3)9-13-15-6-7-18(13)2/h6-8H,4-5,9H2,1-3H3. The third kappa shape index (κ3) is 3.44. The van der Waals surface area contributed by atoms with Gasteiger partial charge in [0.1, 0.15) is 22.6 Å². The van der Waals surface area contributed by atoms with Gasteiger partial charge in [0, 0.05) is 39.0 Å². The highest BCUT2D eigenvalue weighted by Gasteiger charge is 2.10. The number of rotatable bonds is 5. The molecule has 2 heterocycles. The molecule has 6 heteroatoms. The van der Waals surface area contributed by atoms with E-state index in [0.29, 0.717) is 11.7 Å². The average molecular weight is 280 g/mol. The van der Waals surface area contributed by atoms with Crippen LogP contribution in [0.15, 0.2) is 18.5 Å². The lowest BCUT2D eigenvalue weighted by Gasteiger charge is -2.18. The van der Waals surface area contributed by atoms with Gasteiger partial charge in [0.25, 0.3) is 0 Å². The summed E-state index contributed by atoms with van der Waals surface area (Å²) in [5.74, 6) is 2.59. The molecular weight excluding hydrogens is 262 g/mol. The van der Waals surface area contributed by atoms with Crippen molar-refractivity contribution in [2.45, 2.75) is 26.3 Å². The lowest BCUT2D eigenvalue weighted by atomic mass is 10.3. The Morgan fingerprint density at radius 3 is 2.79 bits per heavy atom. The van der Waals surface area contributed by atoms with Crippen molar-refractivity contribution in [2.75, 3.05) is 11.9 Å². The molecule has 0 amide bonds. The Kier molecular flexibility index (Phi) is 4.37. The minimum Gasteiger partial charge on any atom is -0.352 e. The summed E-state index contributed by atoms with van der Waals surface area (Å²) in [6, 6.07) is 1.78. The third-order valence-electron chi connectivity index (χ3n) is 2.89. The van der Waals surface area contributed by atoms with Gasteiger partial charge in [-0.3, -0.25) is 0 Å². The Morgan fingerprint density at radius 1 is 1.37 bits per heavy atom. The average Bonchev–Trinajstić information content (AvgIpc) is 2.75. The summed E-state index contributed by atoms with van der Waals surface area (Å²) in [6.45, 7) is 2.78. The van der Waals surface area contributed by atoms with Crippen molar-refractivity contribution in [1.82, 2.24) is 19.5 Å². The lowest BCUT2D eigenvalue weighted by Crippen LogP contribution is -2.20. The Bertz CT molecular complexity index is 552. The Morgan fingerprint density at radius 2 is 2.16 bits per heavy atom. The molecule has 0 bridgehead atoms. The SMILES string of the molecule is CCCc1nc(Cl)cc(N(C)Cc2nccn2C)n1. The minimum atomic E-state index is 0.486. The second kappa shape index (κ2) is 6.02. The molecule has 0 saturated heterocycles. The van der Waals surface area contributed by atoms with Gasteiger partial charge in [-0.15, -0.1) is 0 Å². The maximum Gasteiger partial charge on any atom is 0.134 e. The Hall–Kier alpha value is -1.62. The van der Waals surface area contributed by atoms with Gasteiger partial charge in [0.05, 0.1) is 6.54 Å². The van der Waals surface area contributed by atoms with E-state index in [0.717, 1.165) is 30.3 Å². The molecule has 19 heavy (non-hydrogen) atoms. The number of hydrogen-bond donors (Lipinski definition) is 0. The predicted molar refractivity (Wildman–Crippen MR) is 76.4 cm³/mol. The molecular formula is C13H18ClN5. The molecule has 0 saturated carbocycles. The fourth-order valence-corrected chi connectivity index (χ4v) is 2.02. The van der Waals surface area contributed by atoms with E-state index in [-0.39, 0.29) is 0 Å². The van der Waals surface area contributed by atoms with E-state index < -0.39 is 0 Å². The van der Waals surface area contributed by atoms with E-state index in [9.17, 15) is 0 Å². The molecule has 0 radical (unpaired) electrons. The number of imidazole rings is 1. The largest absolute Gasteiger partial charge is 0.352 e. The van der Waals surface area contributed by atoms with Crippen LogP contribution < -0.4 is 4.90 Å². The topological polar surface area (TPSA) is 46.8 Å². The van der Waals surface area contributed by atoms with Gasteiger partial charge in [-0.2, -0.15) is 0 Å². The molecule has 0 atom stereocenters. The summed E-state index contributed by atoms with van der Waals surface area (Å²) in [4.78, 5) is 15.1. The Balaban J connectivity index is 2.18. The zero-order chi connectivity index (χ0) is 13.8. The first-order chi connectivity index (χ1) is 9.10. The second-order valence-corrected chi connectivity index (χ2v) is 4.91. The monoisotopic (exact) mass is 279 g/mol. The molecule has 2 aromatic heterocycles. The fourth-order valence-electron chi connectivity index (χ4n) is 1.82. The van der Waals surface area contributed by atoms with Crippen LogP contribution in [-0.4, -0.2) is 26.6 Å². The first-order valence-corrected chi connectivity index (χ1v) is 6.68. The molecule has 2 rings (SSSR count). The van der Waals surface area contributed by atoms with Crippen LogP contribution in [0, 0.1) is 0 Å². The molecule has 0 fully saturated rings. The van der Waals surface area contributed by atoms with Crippen LogP contribution in [0.4, 0.5) is 5.82 Å². The maximum atomic E-state index is 6.04. The first-order valence-electron chi connectivity index (χ1n) is 6.31. The fraction of sp³-hybridized carbons (Fsp3) is 0.462. The van der Waals surface area contributed by atoms with Crippen LogP contribution in [0.5, 0.6) is 0 Å². The second-order valence-electron chi connectivity index (χ2n) is 4.53. The summed E-state index contributed by atoms with van der Waals surface area (Å²) >= 11 is 6.04. The molecule has 5 nitrogen and oxygen atoms in total. The van der Waals surface area contributed by atoms with E-state index in [1.807, 2.05) is 29.8 Å². The number of nitrogens with zero attached hydrogens (tertiary/aromatic N) is 5. The third-order valence-corrected chi connectivity index (χ3v) is 3.09. The molecule has 0 unspecified atom stereocenters. The predicted octanol–water partition coefficient (Wildman–Crippen LogP) is 2.45. The van der Waals surface area contributed by atoms with Crippen LogP contribution in [0.3, 0.4) is 0 Å². The van der Waals surface area contributed by atoms with E-state index in [1.54, 1.807) is 12.3 Å². The van der Waals surface area contributed by atoms with Crippen molar-refractivity contribution in [2.24, 2.45) is 7.05 Å². The van der Waals surface area contributed by atoms with Gasteiger partial charge >= 0.3 is 0 Å². The molecule has 102 valence electrons. The van der Waals surface area contributed by atoms with Crippen molar-refractivity contribution in [3.05, 3.63) is 35.3 Å². The summed E-state index contributed by atoms with van der Waals surface area (Å²) in [5, 5.41) is 0.486. The van der Waals surface area contributed by atoms with Crippen LogP contribution in [0.25, 0.3) is 0 Å². The van der Waals surface area contributed by atoms with Crippen molar-refractivity contribution >= 4 is 17.4 Å². The highest BCUT2D eigenvalue weighted by Crippen LogP contribution is 2.17. The number of aryl methyl sites for hydroxylation is 2. The number of halogens is 1. The van der Waals surface area contributed by atoms with Gasteiger partial charge in [0.15, 0.2) is 0 Å². The van der Waals surface area contributed by atoms with E-state index in [2.05, 4.69) is 21.9 Å². The molecule has 0 N–H and O–H groups in total. The molecule has 0 aromatic carbocycles. The molecule has 2 aromatic rings. The molecule has 0 aliphatic heterocycles. The summed E-state index contributed by atoms with van der Waals surface area (Å²) in [7, 11) is 3.95. The highest BCUT2D eigenvalue weighted by atomic mass is 35.5. The normalized spacial score (nSPS) is 10.7. The zero-order valence-electron chi connectivity index (χ0n) is 11.5. The lowest BCUT2D eigenvalue weighted by molar-refractivity contribution is 0.747. The van der Waals surface area contributed by atoms with E-state index in [1.165, 1.54) is 0 Å². The van der Waals surface area contributed by atoms with Gasteiger partial charge in [0.2, 0.25) is 0 Å². The van der Waals surface area contributed by atoms with Gasteiger partial charge in [-0.1, -0.05) is 18.5 Å². The van der Waals surface area contributed by atoms with Crippen molar-refractivity contribution in [1.29, 1.82) is 0 Å². The number of hydrogen-bond acceptors (Lipinski definition) is 4. The molecule has 0 aliphatic rings. The van der Waals surface area contributed by atoms with Crippen LogP contribution in [0.2, 0.25) is 5.15 Å².